The SMILES string of the molecule is Cc1cc(C(=O)NCc2ccccc2Cl)ns1. The summed E-state index contributed by atoms with van der Waals surface area (Å²) in [5, 5.41) is 3.45. The van der Waals surface area contributed by atoms with E-state index in [0.29, 0.717) is 17.3 Å². The number of nitrogens with zero attached hydrogens (tertiary/aromatic N) is 1. The molecule has 0 fully saturated rings. The topological polar surface area (TPSA) is 42.0 Å². The van der Waals surface area contributed by atoms with Gasteiger partial charge in [0.15, 0.2) is 0 Å². The van der Waals surface area contributed by atoms with Gasteiger partial charge in [-0.25, -0.2) is 0 Å². The Morgan fingerprint density at radius 1 is 1.47 bits per heavy atom. The van der Waals surface area contributed by atoms with Crippen LogP contribution in [-0.4, -0.2) is 10.3 Å². The lowest BCUT2D eigenvalue weighted by Gasteiger charge is -2.04. The molecule has 0 bridgehead atoms. The van der Waals surface area contributed by atoms with E-state index in [2.05, 4.69) is 9.69 Å². The van der Waals surface area contributed by atoms with Crippen LogP contribution in [0.5, 0.6) is 0 Å². The largest absolute Gasteiger partial charge is 0.347 e. The highest BCUT2D eigenvalue weighted by Crippen LogP contribution is 2.14. The molecule has 5 heteroatoms. The van der Waals surface area contributed by atoms with Crippen LogP contribution in [0, 0.1) is 6.92 Å². The predicted octanol–water partition coefficient (Wildman–Crippen LogP) is 3.03. The fourth-order valence-electron chi connectivity index (χ4n) is 1.38. The van der Waals surface area contributed by atoms with Gasteiger partial charge < -0.3 is 5.32 Å². The monoisotopic (exact) mass is 266 g/mol. The van der Waals surface area contributed by atoms with E-state index in [0.717, 1.165) is 10.4 Å². The second-order valence-corrected chi connectivity index (χ2v) is 5.01. The van der Waals surface area contributed by atoms with Gasteiger partial charge in [0, 0.05) is 16.4 Å². The molecule has 88 valence electrons. The summed E-state index contributed by atoms with van der Waals surface area (Å²) in [5.41, 5.74) is 1.36. The predicted molar refractivity (Wildman–Crippen MR) is 69.5 cm³/mol. The molecule has 1 amide bonds. The van der Waals surface area contributed by atoms with Crippen molar-refractivity contribution in [2.45, 2.75) is 13.5 Å². The maximum atomic E-state index is 11.7. The van der Waals surface area contributed by atoms with E-state index in [-0.39, 0.29) is 5.91 Å². The number of rotatable bonds is 3. The summed E-state index contributed by atoms with van der Waals surface area (Å²) in [6.07, 6.45) is 0. The minimum Gasteiger partial charge on any atom is -0.347 e. The van der Waals surface area contributed by atoms with Crippen LogP contribution >= 0.6 is 23.1 Å². The number of halogens is 1. The lowest BCUT2D eigenvalue weighted by Crippen LogP contribution is -2.23. The number of hydrogen-bond acceptors (Lipinski definition) is 3. The zero-order valence-corrected chi connectivity index (χ0v) is 10.8. The van der Waals surface area contributed by atoms with Crippen molar-refractivity contribution in [3.63, 3.8) is 0 Å². The van der Waals surface area contributed by atoms with E-state index in [9.17, 15) is 4.79 Å². The number of benzene rings is 1. The summed E-state index contributed by atoms with van der Waals surface area (Å²) in [6, 6.07) is 9.20. The molecule has 3 nitrogen and oxygen atoms in total. The van der Waals surface area contributed by atoms with Crippen LogP contribution in [0.15, 0.2) is 30.3 Å². The molecule has 0 saturated heterocycles. The number of carbonyl (C=O) groups is 1. The van der Waals surface area contributed by atoms with E-state index in [1.807, 2.05) is 25.1 Å². The molecule has 0 aliphatic rings. The lowest BCUT2D eigenvalue weighted by molar-refractivity contribution is 0.0947. The summed E-state index contributed by atoms with van der Waals surface area (Å²) in [6.45, 7) is 2.33. The Morgan fingerprint density at radius 2 is 2.24 bits per heavy atom. The normalized spacial score (nSPS) is 10.2. The van der Waals surface area contributed by atoms with Gasteiger partial charge in [-0.2, -0.15) is 4.37 Å². The standard InChI is InChI=1S/C12H11ClN2OS/c1-8-6-11(15-17-8)12(16)14-7-9-4-2-3-5-10(9)13/h2-6H,7H2,1H3,(H,14,16). The maximum absolute atomic E-state index is 11.7. The van der Waals surface area contributed by atoms with Gasteiger partial charge in [-0.1, -0.05) is 29.8 Å². The summed E-state index contributed by atoms with van der Waals surface area (Å²) in [7, 11) is 0. The van der Waals surface area contributed by atoms with Crippen LogP contribution in [-0.2, 0) is 6.54 Å². The van der Waals surface area contributed by atoms with Gasteiger partial charge in [-0.15, -0.1) is 0 Å². The van der Waals surface area contributed by atoms with Gasteiger partial charge in [0.1, 0.15) is 5.69 Å². The molecule has 2 aromatic rings. The quantitative estimate of drug-likeness (QED) is 0.928. The zero-order chi connectivity index (χ0) is 12.3. The molecule has 0 unspecified atom stereocenters. The van der Waals surface area contributed by atoms with Gasteiger partial charge in [0.05, 0.1) is 0 Å². The molecule has 0 aliphatic heterocycles. The second kappa shape index (κ2) is 5.29. The van der Waals surface area contributed by atoms with Crippen molar-refractivity contribution >= 4 is 29.0 Å². The number of amides is 1. The molecular weight excluding hydrogens is 256 g/mol. The fourth-order valence-corrected chi connectivity index (χ4v) is 2.13. The van der Waals surface area contributed by atoms with Crippen LogP contribution < -0.4 is 5.32 Å². The van der Waals surface area contributed by atoms with Crippen molar-refractivity contribution < 1.29 is 4.79 Å². The first kappa shape index (κ1) is 12.1. The third-order valence-electron chi connectivity index (χ3n) is 2.26. The highest BCUT2D eigenvalue weighted by atomic mass is 35.5. The van der Waals surface area contributed by atoms with Crippen LogP contribution in [0.4, 0.5) is 0 Å². The van der Waals surface area contributed by atoms with Crippen LogP contribution in [0.1, 0.15) is 20.9 Å². The molecule has 0 radical (unpaired) electrons. The Kier molecular flexibility index (Phi) is 3.76. The number of aromatic nitrogens is 1. The lowest BCUT2D eigenvalue weighted by atomic mass is 10.2. The van der Waals surface area contributed by atoms with Gasteiger partial charge in [0.25, 0.3) is 5.91 Å². The average Bonchev–Trinajstić information content (AvgIpc) is 2.74. The molecule has 0 spiro atoms. The first-order valence-electron chi connectivity index (χ1n) is 5.12. The Hall–Kier alpha value is -1.39. The zero-order valence-electron chi connectivity index (χ0n) is 9.24. The van der Waals surface area contributed by atoms with E-state index < -0.39 is 0 Å². The molecule has 1 aromatic carbocycles. The average molecular weight is 267 g/mol. The highest BCUT2D eigenvalue weighted by molar-refractivity contribution is 7.05. The summed E-state index contributed by atoms with van der Waals surface area (Å²) >= 11 is 7.31. The van der Waals surface area contributed by atoms with Crippen LogP contribution in [0.3, 0.4) is 0 Å². The molecule has 0 saturated carbocycles. The summed E-state index contributed by atoms with van der Waals surface area (Å²) < 4.78 is 4.05. The number of hydrogen-bond donors (Lipinski definition) is 1. The first-order chi connectivity index (χ1) is 8.16. The van der Waals surface area contributed by atoms with Crippen molar-refractivity contribution in [1.29, 1.82) is 0 Å². The number of nitrogens with one attached hydrogen (secondary N) is 1. The third-order valence-corrected chi connectivity index (χ3v) is 3.32. The Balaban J connectivity index is 1.99. The van der Waals surface area contributed by atoms with E-state index in [1.165, 1.54) is 11.5 Å². The third kappa shape index (κ3) is 3.05. The van der Waals surface area contributed by atoms with Crippen molar-refractivity contribution in [2.24, 2.45) is 0 Å². The van der Waals surface area contributed by atoms with Crippen LogP contribution in [0.25, 0.3) is 0 Å². The second-order valence-electron chi connectivity index (χ2n) is 3.60. The van der Waals surface area contributed by atoms with Crippen molar-refractivity contribution in [1.82, 2.24) is 9.69 Å². The molecule has 17 heavy (non-hydrogen) atoms. The van der Waals surface area contributed by atoms with Crippen molar-refractivity contribution in [3.8, 4) is 0 Å². The van der Waals surface area contributed by atoms with Crippen LogP contribution in [0.2, 0.25) is 5.02 Å². The molecule has 0 atom stereocenters. The molecule has 1 heterocycles. The van der Waals surface area contributed by atoms with E-state index >= 15 is 0 Å². The first-order valence-corrected chi connectivity index (χ1v) is 6.27. The Labute approximate surface area is 109 Å². The van der Waals surface area contributed by atoms with Crippen molar-refractivity contribution in [2.75, 3.05) is 0 Å². The Morgan fingerprint density at radius 3 is 2.88 bits per heavy atom. The molecule has 1 N–H and O–H groups in total. The molecule has 1 aromatic heterocycles. The van der Waals surface area contributed by atoms with E-state index in [4.69, 9.17) is 11.6 Å². The summed E-state index contributed by atoms with van der Waals surface area (Å²) in [5.74, 6) is -0.172. The smallest absolute Gasteiger partial charge is 0.271 e. The molecule has 0 aliphatic carbocycles. The number of aryl methyl sites for hydroxylation is 1. The minimum absolute atomic E-state index is 0.172. The van der Waals surface area contributed by atoms with Gasteiger partial charge >= 0.3 is 0 Å². The van der Waals surface area contributed by atoms with Gasteiger partial charge in [-0.3, -0.25) is 4.79 Å². The number of carbonyl (C=O) groups excluding carboxylic acids is 1. The Bertz CT molecular complexity index is 539. The van der Waals surface area contributed by atoms with Gasteiger partial charge in [0.2, 0.25) is 0 Å². The highest BCUT2D eigenvalue weighted by Gasteiger charge is 2.09. The molecule has 2 rings (SSSR count). The minimum atomic E-state index is -0.172. The summed E-state index contributed by atoms with van der Waals surface area (Å²) in [4.78, 5) is 12.8. The van der Waals surface area contributed by atoms with Crippen molar-refractivity contribution in [3.05, 3.63) is 51.5 Å². The fraction of sp³-hybridized carbons (Fsp3) is 0.167. The van der Waals surface area contributed by atoms with Gasteiger partial charge in [-0.05, 0) is 36.2 Å². The maximum Gasteiger partial charge on any atom is 0.271 e. The van der Waals surface area contributed by atoms with E-state index in [1.54, 1.807) is 12.1 Å². The molecular formula is C12H11ClN2OS.